The molecule has 0 aromatic carbocycles. The maximum absolute atomic E-state index is 11.9. The number of hydrogen-bond acceptors (Lipinski definition) is 4. The van der Waals surface area contributed by atoms with E-state index in [9.17, 15) is 9.59 Å². The fraction of sp³-hybridized carbons (Fsp3) is 0.0833. The van der Waals surface area contributed by atoms with E-state index in [0.717, 1.165) is 0 Å². The fourth-order valence-electron chi connectivity index (χ4n) is 1.45. The number of anilines is 1. The van der Waals surface area contributed by atoms with Gasteiger partial charge in [-0.3, -0.25) is 9.59 Å². The van der Waals surface area contributed by atoms with Crippen LogP contribution in [0.1, 0.15) is 16.1 Å². The Balaban J connectivity index is 2.14. The van der Waals surface area contributed by atoms with E-state index in [2.05, 4.69) is 10.3 Å². The lowest BCUT2D eigenvalue weighted by atomic mass is 10.2. The molecule has 0 bridgehead atoms. The van der Waals surface area contributed by atoms with Crippen molar-refractivity contribution in [3.05, 3.63) is 47.0 Å². The molecule has 1 amide bonds. The quantitative estimate of drug-likeness (QED) is 0.896. The zero-order chi connectivity index (χ0) is 13.8. The molecule has 0 spiro atoms. The number of nitrogens with zero attached hydrogens (tertiary/aromatic N) is 1. The lowest BCUT2D eigenvalue weighted by molar-refractivity contribution is -0.136. The van der Waals surface area contributed by atoms with Gasteiger partial charge in [-0.05, 0) is 18.2 Å². The van der Waals surface area contributed by atoms with Gasteiger partial charge in [0.1, 0.15) is 18.0 Å². The number of pyridine rings is 1. The van der Waals surface area contributed by atoms with Gasteiger partial charge in [0.15, 0.2) is 0 Å². The van der Waals surface area contributed by atoms with Crippen molar-refractivity contribution in [2.24, 2.45) is 0 Å². The van der Waals surface area contributed by atoms with E-state index in [1.165, 1.54) is 24.6 Å². The topological polar surface area (TPSA) is 92.4 Å². The number of hydrogen-bond donors (Lipinski definition) is 2. The summed E-state index contributed by atoms with van der Waals surface area (Å²) in [7, 11) is 0. The number of carboxylic acids is 1. The van der Waals surface area contributed by atoms with Gasteiger partial charge in [-0.2, -0.15) is 0 Å². The SMILES string of the molecule is O=C(O)Cc1occc1C(=O)Nc1ccc(Cl)cn1. The van der Waals surface area contributed by atoms with E-state index in [4.69, 9.17) is 21.1 Å². The number of carboxylic acid groups (broad SMARTS) is 1. The molecule has 0 unspecified atom stereocenters. The van der Waals surface area contributed by atoms with Crippen molar-refractivity contribution in [1.82, 2.24) is 4.98 Å². The highest BCUT2D eigenvalue weighted by Gasteiger charge is 2.17. The number of carbonyl (C=O) groups excluding carboxylic acids is 1. The van der Waals surface area contributed by atoms with Crippen LogP contribution in [0.15, 0.2) is 35.1 Å². The van der Waals surface area contributed by atoms with E-state index in [1.807, 2.05) is 0 Å². The minimum absolute atomic E-state index is 0.0963. The Kier molecular flexibility index (Phi) is 3.82. The molecule has 0 aliphatic carbocycles. The summed E-state index contributed by atoms with van der Waals surface area (Å²) in [4.78, 5) is 26.5. The van der Waals surface area contributed by atoms with Gasteiger partial charge in [0, 0.05) is 6.20 Å². The van der Waals surface area contributed by atoms with Gasteiger partial charge in [-0.1, -0.05) is 11.6 Å². The van der Waals surface area contributed by atoms with E-state index in [-0.39, 0.29) is 17.7 Å². The lowest BCUT2D eigenvalue weighted by Gasteiger charge is -2.03. The fourth-order valence-corrected chi connectivity index (χ4v) is 1.56. The standard InChI is InChI=1S/C12H9ClN2O4/c13-7-1-2-10(14-6-7)15-12(18)8-3-4-19-9(8)5-11(16)17/h1-4,6H,5H2,(H,16,17)(H,14,15,18). The molecule has 2 aromatic rings. The number of aromatic nitrogens is 1. The molecule has 0 aliphatic heterocycles. The first-order chi connectivity index (χ1) is 9.06. The summed E-state index contributed by atoms with van der Waals surface area (Å²) in [6, 6.07) is 4.53. The maximum atomic E-state index is 11.9. The average molecular weight is 281 g/mol. The number of furan rings is 1. The van der Waals surface area contributed by atoms with Gasteiger partial charge in [0.05, 0.1) is 16.8 Å². The number of halogens is 1. The largest absolute Gasteiger partial charge is 0.481 e. The molecule has 2 N–H and O–H groups in total. The van der Waals surface area contributed by atoms with E-state index < -0.39 is 11.9 Å². The highest BCUT2D eigenvalue weighted by atomic mass is 35.5. The molecule has 0 saturated heterocycles. The molecular weight excluding hydrogens is 272 g/mol. The molecule has 0 saturated carbocycles. The molecule has 2 heterocycles. The molecule has 2 rings (SSSR count). The van der Waals surface area contributed by atoms with Crippen LogP contribution in [0.2, 0.25) is 5.02 Å². The van der Waals surface area contributed by atoms with Crippen LogP contribution in [0.3, 0.4) is 0 Å². The van der Waals surface area contributed by atoms with Crippen LogP contribution in [0.25, 0.3) is 0 Å². The van der Waals surface area contributed by atoms with Gasteiger partial charge in [-0.25, -0.2) is 4.98 Å². The zero-order valence-corrected chi connectivity index (χ0v) is 10.3. The Morgan fingerprint density at radius 3 is 2.79 bits per heavy atom. The molecule has 0 atom stereocenters. The Morgan fingerprint density at radius 1 is 1.37 bits per heavy atom. The van der Waals surface area contributed by atoms with Crippen molar-refractivity contribution in [2.45, 2.75) is 6.42 Å². The highest BCUT2D eigenvalue weighted by molar-refractivity contribution is 6.30. The van der Waals surface area contributed by atoms with Crippen LogP contribution in [0.5, 0.6) is 0 Å². The molecule has 2 aromatic heterocycles. The van der Waals surface area contributed by atoms with Crippen LogP contribution in [-0.4, -0.2) is 22.0 Å². The van der Waals surface area contributed by atoms with Gasteiger partial charge in [0.2, 0.25) is 0 Å². The summed E-state index contributed by atoms with van der Waals surface area (Å²) in [6.45, 7) is 0. The second-order valence-electron chi connectivity index (χ2n) is 3.64. The predicted molar refractivity (Wildman–Crippen MR) is 67.2 cm³/mol. The molecule has 6 nitrogen and oxygen atoms in total. The zero-order valence-electron chi connectivity index (χ0n) is 9.59. The molecule has 7 heteroatoms. The van der Waals surface area contributed by atoms with Gasteiger partial charge < -0.3 is 14.8 Å². The summed E-state index contributed by atoms with van der Waals surface area (Å²) < 4.78 is 4.97. The third-order valence-electron chi connectivity index (χ3n) is 2.27. The molecule has 0 aliphatic rings. The minimum atomic E-state index is -1.08. The van der Waals surface area contributed by atoms with E-state index >= 15 is 0 Å². The minimum Gasteiger partial charge on any atom is -0.481 e. The third kappa shape index (κ3) is 3.32. The summed E-state index contributed by atoms with van der Waals surface area (Å²) in [5.74, 6) is -1.15. The summed E-state index contributed by atoms with van der Waals surface area (Å²) in [5, 5.41) is 11.7. The Labute approximate surface area is 113 Å². The van der Waals surface area contributed by atoms with Gasteiger partial charge in [0.25, 0.3) is 5.91 Å². The molecule has 19 heavy (non-hydrogen) atoms. The summed E-state index contributed by atoms with van der Waals surface area (Å²) in [5.41, 5.74) is 0.166. The van der Waals surface area contributed by atoms with Gasteiger partial charge >= 0.3 is 5.97 Å². The second kappa shape index (κ2) is 5.53. The Hall–Kier alpha value is -2.34. The number of carbonyl (C=O) groups is 2. The molecule has 0 radical (unpaired) electrons. The molecule has 0 fully saturated rings. The van der Waals surface area contributed by atoms with Crippen molar-refractivity contribution >= 4 is 29.3 Å². The van der Waals surface area contributed by atoms with Crippen LogP contribution >= 0.6 is 11.6 Å². The Bertz CT molecular complexity index is 606. The number of amides is 1. The first-order valence-corrected chi connectivity index (χ1v) is 5.65. The second-order valence-corrected chi connectivity index (χ2v) is 4.08. The number of rotatable bonds is 4. The summed E-state index contributed by atoms with van der Waals surface area (Å²) in [6.07, 6.45) is 2.30. The van der Waals surface area contributed by atoms with E-state index in [1.54, 1.807) is 6.07 Å². The van der Waals surface area contributed by atoms with Crippen LogP contribution in [0, 0.1) is 0 Å². The van der Waals surface area contributed by atoms with Crippen molar-refractivity contribution in [2.75, 3.05) is 5.32 Å². The van der Waals surface area contributed by atoms with Crippen molar-refractivity contribution < 1.29 is 19.1 Å². The Morgan fingerprint density at radius 2 is 2.16 bits per heavy atom. The molecular formula is C12H9ClN2O4. The first kappa shape index (κ1) is 13.1. The van der Waals surface area contributed by atoms with Crippen LogP contribution in [0.4, 0.5) is 5.82 Å². The highest BCUT2D eigenvalue weighted by Crippen LogP contribution is 2.15. The van der Waals surface area contributed by atoms with E-state index in [0.29, 0.717) is 10.8 Å². The predicted octanol–water partition coefficient (Wildman–Crippen LogP) is 2.21. The van der Waals surface area contributed by atoms with Crippen LogP contribution < -0.4 is 5.32 Å². The van der Waals surface area contributed by atoms with Gasteiger partial charge in [-0.15, -0.1) is 0 Å². The summed E-state index contributed by atoms with van der Waals surface area (Å²) >= 11 is 5.67. The van der Waals surface area contributed by atoms with Crippen molar-refractivity contribution in [3.63, 3.8) is 0 Å². The molecule has 98 valence electrons. The average Bonchev–Trinajstić information content (AvgIpc) is 2.79. The van der Waals surface area contributed by atoms with Crippen LogP contribution in [-0.2, 0) is 11.2 Å². The maximum Gasteiger partial charge on any atom is 0.311 e. The normalized spacial score (nSPS) is 10.2. The number of nitrogens with one attached hydrogen (secondary N) is 1. The van der Waals surface area contributed by atoms with Crippen molar-refractivity contribution in [3.8, 4) is 0 Å². The lowest BCUT2D eigenvalue weighted by Crippen LogP contribution is -2.15. The monoisotopic (exact) mass is 280 g/mol. The first-order valence-electron chi connectivity index (χ1n) is 5.27. The number of aliphatic carboxylic acids is 1. The third-order valence-corrected chi connectivity index (χ3v) is 2.49. The smallest absolute Gasteiger partial charge is 0.311 e. The van der Waals surface area contributed by atoms with Crippen molar-refractivity contribution in [1.29, 1.82) is 0 Å².